The summed E-state index contributed by atoms with van der Waals surface area (Å²) in [5.41, 5.74) is 9.45. The van der Waals surface area contributed by atoms with Crippen LogP contribution in [0, 0.1) is 6.92 Å². The normalized spacial score (nSPS) is 11.7. The number of nitrogens with two attached hydrogens (primary N) is 1. The van der Waals surface area contributed by atoms with Gasteiger partial charge in [0.25, 0.3) is 5.91 Å². The zero-order valence-corrected chi connectivity index (χ0v) is 15.4. The Morgan fingerprint density at radius 1 is 1.00 bits per heavy atom. The molecule has 0 radical (unpaired) electrons. The molecule has 26 heavy (non-hydrogen) atoms. The fraction of sp³-hybridized carbons (Fsp3) is 0.333. The average Bonchev–Trinajstić information content (AvgIpc) is 2.66. The minimum Gasteiger partial charge on any atom is -0.352 e. The molecule has 0 saturated heterocycles. The highest BCUT2D eigenvalue weighted by molar-refractivity contribution is 5.94. The molecule has 0 saturated carbocycles. The Bertz CT molecular complexity index is 724. The summed E-state index contributed by atoms with van der Waals surface area (Å²) in [6, 6.07) is 14.1. The van der Waals surface area contributed by atoms with Gasteiger partial charge in [0.05, 0.1) is 0 Å². The van der Waals surface area contributed by atoms with Gasteiger partial charge in [-0.3, -0.25) is 9.59 Å². The number of carbonyl (C=O) groups is 2. The summed E-state index contributed by atoms with van der Waals surface area (Å²) in [6.07, 6.45) is 2.01. The molecule has 1 unspecified atom stereocenters. The first-order valence-electron chi connectivity index (χ1n) is 8.98. The van der Waals surface area contributed by atoms with Crippen LogP contribution < -0.4 is 16.4 Å². The van der Waals surface area contributed by atoms with Crippen LogP contribution in [0.5, 0.6) is 0 Å². The maximum Gasteiger partial charge on any atom is 0.251 e. The highest BCUT2D eigenvalue weighted by Gasteiger charge is 2.15. The van der Waals surface area contributed by atoms with Crippen LogP contribution in [0.25, 0.3) is 0 Å². The summed E-state index contributed by atoms with van der Waals surface area (Å²) in [6.45, 7) is 5.13. The van der Waals surface area contributed by atoms with Gasteiger partial charge in [-0.15, -0.1) is 0 Å². The Labute approximate surface area is 155 Å². The van der Waals surface area contributed by atoms with Crippen LogP contribution in [-0.2, 0) is 11.3 Å². The lowest BCUT2D eigenvalue weighted by Crippen LogP contribution is -2.33. The fourth-order valence-electron chi connectivity index (χ4n) is 2.48. The van der Waals surface area contributed by atoms with Gasteiger partial charge >= 0.3 is 0 Å². The van der Waals surface area contributed by atoms with E-state index in [0.29, 0.717) is 18.7 Å². The number of hydrogen-bond donors (Lipinski definition) is 3. The minimum absolute atomic E-state index is 0.0737. The van der Waals surface area contributed by atoms with Crippen molar-refractivity contribution in [3.63, 3.8) is 0 Å². The predicted molar refractivity (Wildman–Crippen MR) is 104 cm³/mol. The number of hydrogen-bond acceptors (Lipinski definition) is 3. The minimum atomic E-state index is -0.695. The molecule has 5 nitrogen and oxygen atoms in total. The molecule has 0 aliphatic heterocycles. The van der Waals surface area contributed by atoms with Gasteiger partial charge in [-0.25, -0.2) is 0 Å². The van der Waals surface area contributed by atoms with Crippen molar-refractivity contribution in [3.8, 4) is 0 Å². The predicted octanol–water partition coefficient (Wildman–Crippen LogP) is 2.84. The van der Waals surface area contributed by atoms with Gasteiger partial charge in [0.15, 0.2) is 0 Å². The van der Waals surface area contributed by atoms with Crippen molar-refractivity contribution in [2.45, 2.75) is 39.3 Å². The van der Waals surface area contributed by atoms with Crippen molar-refractivity contribution >= 4 is 11.8 Å². The van der Waals surface area contributed by atoms with Crippen LogP contribution in [0.15, 0.2) is 48.5 Å². The maximum atomic E-state index is 12.2. The standard InChI is InChI=1S/C21H27N3O2/c1-3-4-13-23-20(25)18-11-7-16(8-12-18)14-24-21(26)19(22)17-9-5-15(2)6-10-17/h5-12,19H,3-4,13-14,22H2,1-2H3,(H,23,25)(H,24,26). The van der Waals surface area contributed by atoms with Crippen molar-refractivity contribution in [1.82, 2.24) is 10.6 Å². The molecule has 2 rings (SSSR count). The monoisotopic (exact) mass is 353 g/mol. The summed E-state index contributed by atoms with van der Waals surface area (Å²) in [4.78, 5) is 24.2. The van der Waals surface area contributed by atoms with Gasteiger partial charge < -0.3 is 16.4 Å². The summed E-state index contributed by atoms with van der Waals surface area (Å²) in [7, 11) is 0. The number of carbonyl (C=O) groups excluding carboxylic acids is 2. The van der Waals surface area contributed by atoms with Gasteiger partial charge in [-0.05, 0) is 36.6 Å². The van der Waals surface area contributed by atoms with Crippen LogP contribution >= 0.6 is 0 Å². The molecule has 1 atom stereocenters. The summed E-state index contributed by atoms with van der Waals surface area (Å²) in [5.74, 6) is -0.300. The van der Waals surface area contributed by atoms with Crippen molar-refractivity contribution in [1.29, 1.82) is 0 Å². The van der Waals surface area contributed by atoms with E-state index in [1.54, 1.807) is 12.1 Å². The fourth-order valence-corrected chi connectivity index (χ4v) is 2.48. The molecule has 2 aromatic rings. The van der Waals surface area contributed by atoms with E-state index >= 15 is 0 Å². The smallest absolute Gasteiger partial charge is 0.251 e. The van der Waals surface area contributed by atoms with E-state index in [-0.39, 0.29) is 11.8 Å². The Balaban J connectivity index is 1.86. The molecule has 0 fully saturated rings. The highest BCUT2D eigenvalue weighted by atomic mass is 16.2. The van der Waals surface area contributed by atoms with Crippen molar-refractivity contribution in [2.75, 3.05) is 6.54 Å². The van der Waals surface area contributed by atoms with Crippen molar-refractivity contribution < 1.29 is 9.59 Å². The number of rotatable bonds is 8. The lowest BCUT2D eigenvalue weighted by Gasteiger charge is -2.13. The van der Waals surface area contributed by atoms with Crippen LogP contribution in [0.3, 0.4) is 0 Å². The zero-order valence-electron chi connectivity index (χ0n) is 15.4. The van der Waals surface area contributed by atoms with Crippen molar-refractivity contribution in [3.05, 3.63) is 70.8 Å². The van der Waals surface area contributed by atoms with Crippen LogP contribution in [-0.4, -0.2) is 18.4 Å². The molecule has 0 aliphatic rings. The van der Waals surface area contributed by atoms with Gasteiger partial charge in [-0.2, -0.15) is 0 Å². The van der Waals surface area contributed by atoms with E-state index in [9.17, 15) is 9.59 Å². The number of nitrogens with one attached hydrogen (secondary N) is 2. The third-order valence-electron chi connectivity index (χ3n) is 4.22. The highest BCUT2D eigenvalue weighted by Crippen LogP contribution is 2.12. The van der Waals surface area contributed by atoms with Crippen LogP contribution in [0.4, 0.5) is 0 Å². The quantitative estimate of drug-likeness (QED) is 0.638. The lowest BCUT2D eigenvalue weighted by molar-refractivity contribution is -0.122. The molecule has 4 N–H and O–H groups in total. The van der Waals surface area contributed by atoms with Gasteiger partial charge in [-0.1, -0.05) is 55.3 Å². The largest absolute Gasteiger partial charge is 0.352 e. The summed E-state index contributed by atoms with van der Waals surface area (Å²) < 4.78 is 0. The second kappa shape index (κ2) is 9.73. The average molecular weight is 353 g/mol. The Morgan fingerprint density at radius 2 is 1.65 bits per heavy atom. The third-order valence-corrected chi connectivity index (χ3v) is 4.22. The molecular weight excluding hydrogens is 326 g/mol. The second-order valence-electron chi connectivity index (χ2n) is 6.41. The number of unbranched alkanes of at least 4 members (excludes halogenated alkanes) is 1. The summed E-state index contributed by atoms with van der Waals surface area (Å²) in [5, 5.41) is 5.72. The molecule has 0 aromatic heterocycles. The molecular formula is C21H27N3O2. The van der Waals surface area contributed by atoms with Gasteiger partial charge in [0, 0.05) is 18.7 Å². The van der Waals surface area contributed by atoms with Gasteiger partial charge in [0.2, 0.25) is 5.91 Å². The first-order chi connectivity index (χ1) is 12.5. The van der Waals surface area contributed by atoms with E-state index in [4.69, 9.17) is 5.73 Å². The van der Waals surface area contributed by atoms with E-state index < -0.39 is 6.04 Å². The Hall–Kier alpha value is -2.66. The molecule has 0 bridgehead atoms. The van der Waals surface area contributed by atoms with E-state index in [1.807, 2.05) is 43.3 Å². The molecule has 0 spiro atoms. The number of benzene rings is 2. The Morgan fingerprint density at radius 3 is 2.27 bits per heavy atom. The third kappa shape index (κ3) is 5.70. The van der Waals surface area contributed by atoms with E-state index in [1.165, 1.54) is 0 Å². The molecule has 2 amide bonds. The second-order valence-corrected chi connectivity index (χ2v) is 6.41. The Kier molecular flexibility index (Phi) is 7.36. The van der Waals surface area contributed by atoms with Crippen LogP contribution in [0.1, 0.15) is 52.9 Å². The number of aryl methyl sites for hydroxylation is 1. The van der Waals surface area contributed by atoms with Crippen LogP contribution in [0.2, 0.25) is 0 Å². The zero-order chi connectivity index (χ0) is 18.9. The van der Waals surface area contributed by atoms with E-state index in [0.717, 1.165) is 29.5 Å². The van der Waals surface area contributed by atoms with Crippen molar-refractivity contribution in [2.24, 2.45) is 5.73 Å². The molecule has 5 heteroatoms. The summed E-state index contributed by atoms with van der Waals surface area (Å²) >= 11 is 0. The molecule has 0 aliphatic carbocycles. The number of amides is 2. The first-order valence-corrected chi connectivity index (χ1v) is 8.98. The first kappa shape index (κ1) is 19.7. The SMILES string of the molecule is CCCCNC(=O)c1ccc(CNC(=O)C(N)c2ccc(C)cc2)cc1. The lowest BCUT2D eigenvalue weighted by atomic mass is 10.1. The van der Waals surface area contributed by atoms with E-state index in [2.05, 4.69) is 17.6 Å². The molecule has 2 aromatic carbocycles. The molecule has 0 heterocycles. The van der Waals surface area contributed by atoms with Gasteiger partial charge in [0.1, 0.15) is 6.04 Å². The molecule has 138 valence electrons. The maximum absolute atomic E-state index is 12.2. The topological polar surface area (TPSA) is 84.2 Å².